The van der Waals surface area contributed by atoms with E-state index in [-0.39, 0.29) is 25.4 Å². The number of amides is 2. The molecule has 2 amide bonds. The van der Waals surface area contributed by atoms with Crippen molar-refractivity contribution < 1.29 is 27.9 Å². The number of hydrogen-bond acceptors (Lipinski definition) is 4. The minimum atomic E-state index is -4.36. The van der Waals surface area contributed by atoms with Crippen molar-refractivity contribution in [3.05, 3.63) is 29.8 Å². The van der Waals surface area contributed by atoms with Gasteiger partial charge in [-0.3, -0.25) is 14.5 Å². The molecule has 9 heteroatoms. The van der Waals surface area contributed by atoms with Crippen molar-refractivity contribution in [1.82, 2.24) is 10.2 Å². The first-order valence-electron chi connectivity index (χ1n) is 10.1. The molecule has 0 radical (unpaired) electrons. The molecule has 1 aromatic rings. The van der Waals surface area contributed by atoms with Crippen LogP contribution in [0.15, 0.2) is 24.3 Å². The van der Waals surface area contributed by atoms with E-state index in [1.807, 2.05) is 26.0 Å². The van der Waals surface area contributed by atoms with E-state index in [1.165, 1.54) is 4.90 Å². The Balaban J connectivity index is 1.81. The summed E-state index contributed by atoms with van der Waals surface area (Å²) < 4.78 is 38.6. The Kier molecular flexibility index (Phi) is 6.15. The molecule has 2 aliphatic rings. The van der Waals surface area contributed by atoms with Crippen LogP contribution >= 0.6 is 0 Å². The second-order valence-electron chi connectivity index (χ2n) is 8.84. The number of alkyl halides is 3. The highest BCUT2D eigenvalue weighted by atomic mass is 19.4. The fraction of sp³-hybridized carbons (Fsp3) is 0.619. The highest BCUT2D eigenvalue weighted by molar-refractivity contribution is 6.08. The molecule has 2 saturated heterocycles. The van der Waals surface area contributed by atoms with Crippen LogP contribution < -0.4 is 10.6 Å². The first-order valence-corrected chi connectivity index (χ1v) is 10.1. The molecular formula is C21H28F3N3O3. The van der Waals surface area contributed by atoms with Crippen molar-refractivity contribution in [3.63, 3.8) is 0 Å². The third kappa shape index (κ3) is 4.46. The van der Waals surface area contributed by atoms with Gasteiger partial charge in [0.1, 0.15) is 5.92 Å². The molecule has 1 aromatic carbocycles. The molecule has 0 aliphatic carbocycles. The lowest BCUT2D eigenvalue weighted by Gasteiger charge is -2.53. The first kappa shape index (κ1) is 22.6. The third-order valence-corrected chi connectivity index (χ3v) is 6.21. The zero-order chi connectivity index (χ0) is 22.3. The van der Waals surface area contributed by atoms with Crippen LogP contribution in [0, 0.1) is 11.3 Å². The van der Waals surface area contributed by atoms with E-state index in [0.29, 0.717) is 5.69 Å². The number of fused-ring (bicyclic) bond motifs is 1. The number of carbonyl (C=O) groups excluding carboxylic acids is 2. The molecule has 0 aromatic heterocycles. The maximum atomic E-state index is 13.0. The fourth-order valence-corrected chi connectivity index (χ4v) is 4.61. The van der Waals surface area contributed by atoms with Crippen LogP contribution in [0.1, 0.15) is 38.7 Å². The average molecular weight is 427 g/mol. The number of rotatable bonds is 4. The van der Waals surface area contributed by atoms with E-state index >= 15 is 0 Å². The minimum Gasteiger partial charge on any atom is -0.391 e. The van der Waals surface area contributed by atoms with Crippen molar-refractivity contribution in [2.45, 2.75) is 51.4 Å². The summed E-state index contributed by atoms with van der Waals surface area (Å²) >= 11 is 0. The van der Waals surface area contributed by atoms with E-state index in [2.05, 4.69) is 10.6 Å². The zero-order valence-corrected chi connectivity index (χ0v) is 17.3. The van der Waals surface area contributed by atoms with Gasteiger partial charge in [0.25, 0.3) is 0 Å². The number of hydrogen-bond donors (Lipinski definition) is 3. The molecule has 3 N–H and O–H groups in total. The Labute approximate surface area is 173 Å². The predicted molar refractivity (Wildman–Crippen MR) is 106 cm³/mol. The van der Waals surface area contributed by atoms with Gasteiger partial charge in [0, 0.05) is 30.2 Å². The normalized spacial score (nSPS) is 30.0. The van der Waals surface area contributed by atoms with Gasteiger partial charge in [-0.25, -0.2) is 0 Å². The zero-order valence-electron chi connectivity index (χ0n) is 17.3. The van der Waals surface area contributed by atoms with Gasteiger partial charge in [0.2, 0.25) is 11.8 Å². The van der Waals surface area contributed by atoms with E-state index in [1.54, 1.807) is 19.1 Å². The Morgan fingerprint density at radius 3 is 2.67 bits per heavy atom. The standard InChI is InChI=1S/C21H28F3N3O3/c1-12(2)13-6-4-5-7-14(13)25-18(29)16-17(28)20(3)10-27(11-21(22,23)24)9-8-15(20)26-19(16)30/h4-7,12,15-17,28H,8-11H2,1-3H3,(H,25,29)(H,26,30)/t15-,16?,17?,20-/m1/s1. The number of benzene rings is 1. The van der Waals surface area contributed by atoms with Crippen molar-refractivity contribution in [2.75, 3.05) is 25.0 Å². The van der Waals surface area contributed by atoms with Crippen LogP contribution in [-0.2, 0) is 9.59 Å². The van der Waals surface area contributed by atoms with Gasteiger partial charge >= 0.3 is 6.18 Å². The molecule has 3 rings (SSSR count). The summed E-state index contributed by atoms with van der Waals surface area (Å²) in [7, 11) is 0. The summed E-state index contributed by atoms with van der Waals surface area (Å²) in [5.74, 6) is -2.55. The highest BCUT2D eigenvalue weighted by Crippen LogP contribution is 2.41. The Morgan fingerprint density at radius 2 is 2.03 bits per heavy atom. The van der Waals surface area contributed by atoms with Crippen molar-refractivity contribution in [3.8, 4) is 0 Å². The van der Waals surface area contributed by atoms with E-state index in [9.17, 15) is 27.9 Å². The molecule has 30 heavy (non-hydrogen) atoms. The topological polar surface area (TPSA) is 81.7 Å². The summed E-state index contributed by atoms with van der Waals surface area (Å²) in [5, 5.41) is 16.5. The molecular weight excluding hydrogens is 399 g/mol. The number of nitrogens with one attached hydrogen (secondary N) is 2. The molecule has 0 bridgehead atoms. The Morgan fingerprint density at radius 1 is 1.37 bits per heavy atom. The first-order chi connectivity index (χ1) is 13.9. The lowest BCUT2D eigenvalue weighted by atomic mass is 9.66. The molecule has 2 heterocycles. The number of aliphatic hydroxyl groups is 1. The SMILES string of the molecule is CC(C)c1ccccc1NC(=O)C1C(=O)N[C@@H]2CCN(CC(F)(F)F)C[C@@]2(C)C1O. The van der Waals surface area contributed by atoms with Crippen LogP contribution in [0.4, 0.5) is 18.9 Å². The molecule has 0 saturated carbocycles. The van der Waals surface area contributed by atoms with Gasteiger partial charge in [0.05, 0.1) is 12.6 Å². The summed E-state index contributed by atoms with van der Waals surface area (Å²) in [4.78, 5) is 26.8. The summed E-state index contributed by atoms with van der Waals surface area (Å²) in [6.07, 6.45) is -5.48. The quantitative estimate of drug-likeness (QED) is 0.645. The molecule has 4 atom stereocenters. The smallest absolute Gasteiger partial charge is 0.391 e. The number of nitrogens with zero attached hydrogens (tertiary/aromatic N) is 1. The van der Waals surface area contributed by atoms with E-state index in [0.717, 1.165) is 5.56 Å². The highest BCUT2D eigenvalue weighted by Gasteiger charge is 2.56. The Hall–Kier alpha value is -2.13. The number of halogens is 3. The van der Waals surface area contributed by atoms with Crippen LogP contribution in [0.3, 0.4) is 0 Å². The maximum absolute atomic E-state index is 13.0. The maximum Gasteiger partial charge on any atom is 0.401 e. The number of piperidine rings is 2. The van der Waals surface area contributed by atoms with Gasteiger partial charge in [-0.15, -0.1) is 0 Å². The summed E-state index contributed by atoms with van der Waals surface area (Å²) in [6.45, 7) is 4.57. The molecule has 2 fully saturated rings. The largest absolute Gasteiger partial charge is 0.401 e. The van der Waals surface area contributed by atoms with Gasteiger partial charge in [-0.1, -0.05) is 39.0 Å². The number of anilines is 1. The van der Waals surface area contributed by atoms with Crippen molar-refractivity contribution in [1.29, 1.82) is 0 Å². The third-order valence-electron chi connectivity index (χ3n) is 6.21. The van der Waals surface area contributed by atoms with Gasteiger partial charge in [-0.2, -0.15) is 13.2 Å². The summed E-state index contributed by atoms with van der Waals surface area (Å²) in [5.41, 5.74) is 0.360. The number of likely N-dealkylation sites (tertiary alicyclic amines) is 1. The molecule has 0 spiro atoms. The number of carbonyl (C=O) groups is 2. The van der Waals surface area contributed by atoms with Crippen LogP contribution in [0.25, 0.3) is 0 Å². The number of aliphatic hydroxyl groups excluding tert-OH is 1. The van der Waals surface area contributed by atoms with E-state index in [4.69, 9.17) is 0 Å². The van der Waals surface area contributed by atoms with Crippen LogP contribution in [0.2, 0.25) is 0 Å². The minimum absolute atomic E-state index is 0.0645. The monoisotopic (exact) mass is 427 g/mol. The van der Waals surface area contributed by atoms with Crippen molar-refractivity contribution >= 4 is 17.5 Å². The average Bonchev–Trinajstić information content (AvgIpc) is 2.62. The summed E-state index contributed by atoms with van der Waals surface area (Å²) in [6, 6.07) is 6.70. The molecule has 2 aliphatic heterocycles. The molecule has 166 valence electrons. The number of para-hydroxylation sites is 1. The Bertz CT molecular complexity index is 814. The van der Waals surface area contributed by atoms with E-state index < -0.39 is 48.0 Å². The lowest BCUT2D eigenvalue weighted by molar-refractivity contribution is -0.173. The van der Waals surface area contributed by atoms with Crippen LogP contribution in [-0.4, -0.2) is 59.8 Å². The van der Waals surface area contributed by atoms with Crippen molar-refractivity contribution in [2.24, 2.45) is 11.3 Å². The predicted octanol–water partition coefficient (Wildman–Crippen LogP) is 2.50. The lowest BCUT2D eigenvalue weighted by Crippen LogP contribution is -2.70. The second-order valence-corrected chi connectivity index (χ2v) is 8.84. The fourth-order valence-electron chi connectivity index (χ4n) is 4.61. The molecule has 6 nitrogen and oxygen atoms in total. The van der Waals surface area contributed by atoms with Gasteiger partial charge in [-0.05, 0) is 24.0 Å². The van der Waals surface area contributed by atoms with Gasteiger partial charge < -0.3 is 15.7 Å². The van der Waals surface area contributed by atoms with Crippen LogP contribution in [0.5, 0.6) is 0 Å². The second kappa shape index (κ2) is 8.19. The van der Waals surface area contributed by atoms with Gasteiger partial charge in [0.15, 0.2) is 0 Å². The molecule has 2 unspecified atom stereocenters.